The smallest absolute Gasteiger partial charge is 0.368 e. The van der Waals surface area contributed by atoms with E-state index in [9.17, 15) is 4.79 Å². The monoisotopic (exact) mass is 266 g/mol. The third-order valence-electron chi connectivity index (χ3n) is 2.48. The Morgan fingerprint density at radius 2 is 1.28 bits per heavy atom. The largest absolute Gasteiger partial charge is 0.396 e. The molecule has 0 aliphatic heterocycles. The van der Waals surface area contributed by atoms with Crippen LogP contribution in [0.5, 0.6) is 0 Å². The summed E-state index contributed by atoms with van der Waals surface area (Å²) in [5.41, 5.74) is 0.173. The molecule has 0 bridgehead atoms. The van der Waals surface area contributed by atoms with E-state index in [0.29, 0.717) is 5.57 Å². The molecule has 0 spiro atoms. The van der Waals surface area contributed by atoms with Crippen LogP contribution in [-0.4, -0.2) is 58.1 Å². The van der Waals surface area contributed by atoms with Crippen LogP contribution in [-0.2, 0) is 9.68 Å². The summed E-state index contributed by atoms with van der Waals surface area (Å²) in [5.74, 6) is -0.685. The Kier molecular flexibility index (Phi) is 10.7. The van der Waals surface area contributed by atoms with Crippen molar-refractivity contribution in [2.75, 3.05) is 26.4 Å². The van der Waals surface area contributed by atoms with E-state index in [1.807, 2.05) is 0 Å². The Labute approximate surface area is 106 Å². The average Bonchev–Trinajstić information content (AvgIpc) is 2.41. The van der Waals surface area contributed by atoms with Gasteiger partial charge in [-0.25, -0.2) is 4.79 Å². The second-order valence-corrected chi connectivity index (χ2v) is 4.14. The molecule has 0 heterocycles. The molecule has 0 aromatic carbocycles. The van der Waals surface area contributed by atoms with Crippen molar-refractivity contribution < 1.29 is 35.4 Å². The first-order valence-corrected chi connectivity index (χ1v) is 5.27. The quantitative estimate of drug-likeness (QED) is 0.253. The summed E-state index contributed by atoms with van der Waals surface area (Å²) >= 11 is 0. The fourth-order valence-electron chi connectivity index (χ4n) is 0.573. The molecule has 0 saturated carbocycles. The summed E-state index contributed by atoms with van der Waals surface area (Å²) in [6.45, 7) is 3.51. The lowest BCUT2D eigenvalue weighted by Gasteiger charge is -2.23. The van der Waals surface area contributed by atoms with Gasteiger partial charge in [-0.1, -0.05) is 5.57 Å². The third-order valence-corrected chi connectivity index (χ3v) is 2.48. The van der Waals surface area contributed by atoms with Crippen LogP contribution >= 0.6 is 0 Å². The highest BCUT2D eigenvalue weighted by Crippen LogP contribution is 2.11. The Balaban J connectivity index is 0. The molecular formula is C11H22O7. The Morgan fingerprint density at radius 3 is 1.33 bits per heavy atom. The van der Waals surface area contributed by atoms with Gasteiger partial charge >= 0.3 is 5.97 Å². The van der Waals surface area contributed by atoms with Gasteiger partial charge in [0.1, 0.15) is 0 Å². The topological polar surface area (TPSA) is 127 Å². The van der Waals surface area contributed by atoms with Crippen LogP contribution in [0.1, 0.15) is 20.8 Å². The zero-order valence-electron chi connectivity index (χ0n) is 10.9. The van der Waals surface area contributed by atoms with E-state index in [-0.39, 0.29) is 0 Å². The molecule has 108 valence electrons. The van der Waals surface area contributed by atoms with Crippen molar-refractivity contribution in [2.24, 2.45) is 5.41 Å². The first-order chi connectivity index (χ1) is 8.33. The van der Waals surface area contributed by atoms with Crippen molar-refractivity contribution in [1.29, 1.82) is 0 Å². The number of carbonyl (C=O) groups is 1. The van der Waals surface area contributed by atoms with Crippen LogP contribution in [0.4, 0.5) is 0 Å². The van der Waals surface area contributed by atoms with Crippen LogP contribution in [0.3, 0.4) is 0 Å². The van der Waals surface area contributed by atoms with Gasteiger partial charge in [-0.15, -0.1) is 0 Å². The second-order valence-electron chi connectivity index (χ2n) is 4.14. The predicted octanol–water partition coefficient (Wildman–Crippen LogP) is -0.699. The molecule has 0 fully saturated rings. The molecule has 0 amide bonds. The molecule has 5 N–H and O–H groups in total. The standard InChI is InChI=1S/C6H10O3.C5H12O4/c1-4(2)5(3)6(7)9-8;6-1-5(2-7,3-8)4-9/h8H,1-3H3;6-9H,1-4H2. The van der Waals surface area contributed by atoms with E-state index in [0.717, 1.165) is 5.57 Å². The lowest BCUT2D eigenvalue weighted by molar-refractivity contribution is -0.229. The maximum Gasteiger partial charge on any atom is 0.368 e. The Morgan fingerprint density at radius 1 is 0.944 bits per heavy atom. The van der Waals surface area contributed by atoms with Gasteiger partial charge in [0.15, 0.2) is 0 Å². The van der Waals surface area contributed by atoms with Crippen molar-refractivity contribution in [3.05, 3.63) is 11.1 Å². The molecule has 0 aliphatic rings. The normalized spacial score (nSPS) is 10.2. The molecule has 7 nitrogen and oxygen atoms in total. The summed E-state index contributed by atoms with van der Waals surface area (Å²) in [6.07, 6.45) is 0. The van der Waals surface area contributed by atoms with Gasteiger partial charge in [0.25, 0.3) is 0 Å². The molecule has 0 rings (SSSR count). The van der Waals surface area contributed by atoms with Crippen LogP contribution in [0.25, 0.3) is 0 Å². The summed E-state index contributed by atoms with van der Waals surface area (Å²) in [7, 11) is 0. The molecule has 0 radical (unpaired) electrons. The molecule has 0 unspecified atom stereocenters. The lowest BCUT2D eigenvalue weighted by atomic mass is 9.93. The highest BCUT2D eigenvalue weighted by molar-refractivity contribution is 5.87. The minimum Gasteiger partial charge on any atom is -0.396 e. The molecule has 0 saturated heterocycles. The first kappa shape index (κ1) is 19.4. The molecule has 0 atom stereocenters. The van der Waals surface area contributed by atoms with E-state index in [4.69, 9.17) is 25.7 Å². The Bertz CT molecular complexity index is 247. The summed E-state index contributed by atoms with van der Waals surface area (Å²) < 4.78 is 0. The number of hydrogen-bond acceptors (Lipinski definition) is 7. The van der Waals surface area contributed by atoms with Crippen molar-refractivity contribution in [2.45, 2.75) is 20.8 Å². The highest BCUT2D eigenvalue weighted by atomic mass is 17.1. The van der Waals surface area contributed by atoms with Gasteiger partial charge in [-0.2, -0.15) is 5.26 Å². The number of rotatable bonds is 5. The predicted molar refractivity (Wildman–Crippen MR) is 63.5 cm³/mol. The van der Waals surface area contributed by atoms with Gasteiger partial charge in [-0.3, -0.25) is 4.89 Å². The summed E-state index contributed by atoms with van der Waals surface area (Å²) in [5, 5.41) is 41.9. The number of allylic oxidation sites excluding steroid dienone is 1. The van der Waals surface area contributed by atoms with Crippen LogP contribution in [0, 0.1) is 5.41 Å². The van der Waals surface area contributed by atoms with E-state index < -0.39 is 37.8 Å². The maximum atomic E-state index is 10.4. The third kappa shape index (κ3) is 6.67. The Hall–Kier alpha value is -0.990. The van der Waals surface area contributed by atoms with Gasteiger partial charge in [0, 0.05) is 5.57 Å². The fourth-order valence-corrected chi connectivity index (χ4v) is 0.573. The van der Waals surface area contributed by atoms with Gasteiger partial charge in [-0.05, 0) is 20.8 Å². The van der Waals surface area contributed by atoms with Crippen LogP contribution in [0.15, 0.2) is 11.1 Å². The minimum atomic E-state index is -1.11. The molecule has 18 heavy (non-hydrogen) atoms. The number of hydrogen-bond donors (Lipinski definition) is 5. The molecule has 0 aromatic rings. The van der Waals surface area contributed by atoms with Crippen molar-refractivity contribution in [3.8, 4) is 0 Å². The van der Waals surface area contributed by atoms with Crippen molar-refractivity contribution >= 4 is 5.97 Å². The van der Waals surface area contributed by atoms with E-state index in [2.05, 4.69) is 4.89 Å². The minimum absolute atomic E-state index is 0.406. The number of carbonyl (C=O) groups excluding carboxylic acids is 1. The van der Waals surface area contributed by atoms with Gasteiger partial charge < -0.3 is 20.4 Å². The summed E-state index contributed by atoms with van der Waals surface area (Å²) in [4.78, 5) is 13.9. The molecule has 7 heteroatoms. The molecular weight excluding hydrogens is 244 g/mol. The van der Waals surface area contributed by atoms with E-state index >= 15 is 0 Å². The average molecular weight is 266 g/mol. The van der Waals surface area contributed by atoms with E-state index in [1.54, 1.807) is 20.8 Å². The SMILES string of the molecule is CC(C)=C(C)C(=O)OO.OCC(CO)(CO)CO. The molecule has 0 aliphatic carbocycles. The second kappa shape index (κ2) is 9.98. The highest BCUT2D eigenvalue weighted by Gasteiger charge is 2.26. The van der Waals surface area contributed by atoms with Crippen LogP contribution < -0.4 is 0 Å². The first-order valence-electron chi connectivity index (χ1n) is 5.27. The van der Waals surface area contributed by atoms with Crippen molar-refractivity contribution in [3.63, 3.8) is 0 Å². The zero-order valence-corrected chi connectivity index (χ0v) is 10.9. The molecule has 0 aromatic heterocycles. The van der Waals surface area contributed by atoms with Gasteiger partial charge in [0.2, 0.25) is 0 Å². The zero-order chi connectivity index (χ0) is 14.8. The number of aliphatic hydroxyl groups excluding tert-OH is 4. The summed E-state index contributed by atoms with van der Waals surface area (Å²) in [6, 6.07) is 0. The maximum absolute atomic E-state index is 10.4. The number of aliphatic hydroxyl groups is 4. The van der Waals surface area contributed by atoms with E-state index in [1.165, 1.54) is 0 Å². The van der Waals surface area contributed by atoms with Gasteiger partial charge in [0.05, 0.1) is 31.8 Å². The van der Waals surface area contributed by atoms with Crippen LogP contribution in [0.2, 0.25) is 0 Å². The lowest BCUT2D eigenvalue weighted by Crippen LogP contribution is -2.37. The fraction of sp³-hybridized carbons (Fsp3) is 0.727. The van der Waals surface area contributed by atoms with Crippen molar-refractivity contribution in [1.82, 2.24) is 0 Å².